The number of hydrogen-bond donors (Lipinski definition) is 2. The average Bonchev–Trinajstić information content (AvgIpc) is 2.63. The number of nitrogens with zero attached hydrogens (tertiary/aromatic N) is 1. The number of carboxylic acids is 1. The SMILES string of the molecule is CCN(CC)C(=O)c1ccccc1NC(=O)C1CCC(C(=O)O)CC1. The van der Waals surface area contributed by atoms with Gasteiger partial charge in [-0.2, -0.15) is 0 Å². The van der Waals surface area contributed by atoms with Crippen LogP contribution in [0.3, 0.4) is 0 Å². The highest BCUT2D eigenvalue weighted by Crippen LogP contribution is 2.30. The lowest BCUT2D eigenvalue weighted by atomic mass is 9.81. The highest BCUT2D eigenvalue weighted by Gasteiger charge is 2.30. The monoisotopic (exact) mass is 346 g/mol. The van der Waals surface area contributed by atoms with E-state index in [-0.39, 0.29) is 23.7 Å². The van der Waals surface area contributed by atoms with Crippen LogP contribution in [0.2, 0.25) is 0 Å². The summed E-state index contributed by atoms with van der Waals surface area (Å²) in [6, 6.07) is 7.02. The van der Waals surface area contributed by atoms with Gasteiger partial charge in [0.2, 0.25) is 5.91 Å². The topological polar surface area (TPSA) is 86.7 Å². The molecule has 0 aliphatic heterocycles. The Kier molecular flexibility index (Phi) is 6.56. The third kappa shape index (κ3) is 4.59. The Morgan fingerprint density at radius 1 is 1.04 bits per heavy atom. The predicted molar refractivity (Wildman–Crippen MR) is 95.4 cm³/mol. The number of aliphatic carboxylic acids is 1. The largest absolute Gasteiger partial charge is 0.481 e. The molecule has 0 unspecified atom stereocenters. The van der Waals surface area contributed by atoms with Crippen LogP contribution in [-0.4, -0.2) is 40.9 Å². The van der Waals surface area contributed by atoms with Crippen molar-refractivity contribution < 1.29 is 19.5 Å². The van der Waals surface area contributed by atoms with E-state index in [2.05, 4.69) is 5.32 Å². The lowest BCUT2D eigenvalue weighted by Crippen LogP contribution is -2.33. The van der Waals surface area contributed by atoms with Crippen LogP contribution in [-0.2, 0) is 9.59 Å². The van der Waals surface area contributed by atoms with E-state index in [0.717, 1.165) is 0 Å². The molecule has 1 fully saturated rings. The van der Waals surface area contributed by atoms with Crippen molar-refractivity contribution in [2.24, 2.45) is 11.8 Å². The van der Waals surface area contributed by atoms with Gasteiger partial charge in [-0.05, 0) is 51.7 Å². The van der Waals surface area contributed by atoms with Gasteiger partial charge in [0.1, 0.15) is 0 Å². The first-order valence-electron chi connectivity index (χ1n) is 8.89. The van der Waals surface area contributed by atoms with E-state index in [1.54, 1.807) is 29.2 Å². The summed E-state index contributed by atoms with van der Waals surface area (Å²) in [4.78, 5) is 37.9. The summed E-state index contributed by atoms with van der Waals surface area (Å²) < 4.78 is 0. The van der Waals surface area contributed by atoms with Crippen molar-refractivity contribution in [2.45, 2.75) is 39.5 Å². The molecule has 0 aromatic heterocycles. The van der Waals surface area contributed by atoms with Crippen LogP contribution in [0.1, 0.15) is 49.9 Å². The summed E-state index contributed by atoms with van der Waals surface area (Å²) in [6.45, 7) is 5.06. The maximum Gasteiger partial charge on any atom is 0.306 e. The Morgan fingerprint density at radius 3 is 2.16 bits per heavy atom. The Bertz CT molecular complexity index is 632. The number of carboxylic acid groups (broad SMARTS) is 1. The van der Waals surface area contributed by atoms with Crippen LogP contribution >= 0.6 is 0 Å². The molecule has 136 valence electrons. The molecule has 0 bridgehead atoms. The fourth-order valence-corrected chi connectivity index (χ4v) is 3.30. The molecule has 6 heteroatoms. The van der Waals surface area contributed by atoms with Gasteiger partial charge in [0.25, 0.3) is 5.91 Å². The van der Waals surface area contributed by atoms with Crippen LogP contribution in [0.25, 0.3) is 0 Å². The molecule has 1 aromatic rings. The second-order valence-electron chi connectivity index (χ2n) is 6.40. The predicted octanol–water partition coefficient (Wildman–Crippen LogP) is 3.00. The summed E-state index contributed by atoms with van der Waals surface area (Å²) >= 11 is 0. The van der Waals surface area contributed by atoms with Crippen LogP contribution in [0.15, 0.2) is 24.3 Å². The van der Waals surface area contributed by atoms with E-state index in [1.165, 1.54) is 0 Å². The van der Waals surface area contributed by atoms with E-state index in [9.17, 15) is 14.4 Å². The number of rotatable bonds is 6. The molecule has 0 heterocycles. The van der Waals surface area contributed by atoms with Gasteiger partial charge in [-0.15, -0.1) is 0 Å². The molecule has 1 aliphatic carbocycles. The minimum absolute atomic E-state index is 0.101. The summed E-state index contributed by atoms with van der Waals surface area (Å²) in [6.07, 6.45) is 2.17. The molecule has 0 spiro atoms. The minimum atomic E-state index is -0.783. The lowest BCUT2D eigenvalue weighted by Gasteiger charge is -2.26. The molecule has 1 saturated carbocycles. The second-order valence-corrected chi connectivity index (χ2v) is 6.40. The highest BCUT2D eigenvalue weighted by atomic mass is 16.4. The van der Waals surface area contributed by atoms with Crippen LogP contribution in [0.4, 0.5) is 5.69 Å². The van der Waals surface area contributed by atoms with Gasteiger partial charge in [0.15, 0.2) is 0 Å². The van der Waals surface area contributed by atoms with E-state index in [0.29, 0.717) is 50.0 Å². The van der Waals surface area contributed by atoms with Crippen molar-refractivity contribution in [3.05, 3.63) is 29.8 Å². The summed E-state index contributed by atoms with van der Waals surface area (Å²) in [5, 5.41) is 11.9. The van der Waals surface area contributed by atoms with Crippen molar-refractivity contribution in [1.82, 2.24) is 4.90 Å². The molecule has 0 atom stereocenters. The maximum atomic E-state index is 12.6. The lowest BCUT2D eigenvalue weighted by molar-refractivity contribution is -0.143. The highest BCUT2D eigenvalue weighted by molar-refractivity contribution is 6.04. The van der Waals surface area contributed by atoms with Crippen LogP contribution < -0.4 is 5.32 Å². The van der Waals surface area contributed by atoms with Gasteiger partial charge in [-0.3, -0.25) is 14.4 Å². The van der Waals surface area contributed by atoms with Gasteiger partial charge in [-0.25, -0.2) is 0 Å². The molecule has 6 nitrogen and oxygen atoms in total. The average molecular weight is 346 g/mol. The van der Waals surface area contributed by atoms with E-state index in [1.807, 2.05) is 13.8 Å². The first-order chi connectivity index (χ1) is 12.0. The van der Waals surface area contributed by atoms with Crippen LogP contribution in [0, 0.1) is 11.8 Å². The molecule has 1 aliphatic rings. The number of amides is 2. The third-order valence-corrected chi connectivity index (χ3v) is 4.91. The molecule has 25 heavy (non-hydrogen) atoms. The Hall–Kier alpha value is -2.37. The van der Waals surface area contributed by atoms with Gasteiger partial charge < -0.3 is 15.3 Å². The minimum Gasteiger partial charge on any atom is -0.481 e. The fraction of sp³-hybridized carbons (Fsp3) is 0.526. The second kappa shape index (κ2) is 8.65. The van der Waals surface area contributed by atoms with Crippen LogP contribution in [0.5, 0.6) is 0 Å². The van der Waals surface area contributed by atoms with E-state index < -0.39 is 5.97 Å². The number of hydrogen-bond acceptors (Lipinski definition) is 3. The first-order valence-corrected chi connectivity index (χ1v) is 8.89. The number of para-hydroxylation sites is 1. The molecule has 2 rings (SSSR count). The van der Waals surface area contributed by atoms with Crippen molar-refractivity contribution in [2.75, 3.05) is 18.4 Å². The van der Waals surface area contributed by atoms with Crippen molar-refractivity contribution >= 4 is 23.5 Å². The van der Waals surface area contributed by atoms with Gasteiger partial charge in [0, 0.05) is 19.0 Å². The third-order valence-electron chi connectivity index (χ3n) is 4.91. The molecular weight excluding hydrogens is 320 g/mol. The molecule has 1 aromatic carbocycles. The maximum absolute atomic E-state index is 12.6. The molecule has 0 saturated heterocycles. The Balaban J connectivity index is 2.07. The molecular formula is C19H26N2O4. The Morgan fingerprint density at radius 2 is 1.60 bits per heavy atom. The van der Waals surface area contributed by atoms with E-state index in [4.69, 9.17) is 5.11 Å². The molecule has 2 amide bonds. The van der Waals surface area contributed by atoms with Crippen molar-refractivity contribution in [3.8, 4) is 0 Å². The molecule has 0 radical (unpaired) electrons. The summed E-state index contributed by atoms with van der Waals surface area (Å²) in [5.74, 6) is -1.57. The zero-order chi connectivity index (χ0) is 18.4. The number of carbonyl (C=O) groups excluding carboxylic acids is 2. The van der Waals surface area contributed by atoms with Gasteiger partial charge >= 0.3 is 5.97 Å². The van der Waals surface area contributed by atoms with Crippen molar-refractivity contribution in [3.63, 3.8) is 0 Å². The number of benzene rings is 1. The number of nitrogens with one attached hydrogen (secondary N) is 1. The zero-order valence-corrected chi connectivity index (χ0v) is 14.8. The standard InChI is InChI=1S/C19H26N2O4/c1-3-21(4-2)18(23)15-7-5-6-8-16(15)20-17(22)13-9-11-14(12-10-13)19(24)25/h5-8,13-14H,3-4,9-12H2,1-2H3,(H,20,22)(H,24,25). The van der Waals surface area contributed by atoms with Gasteiger partial charge in [0.05, 0.1) is 17.2 Å². The quantitative estimate of drug-likeness (QED) is 0.829. The number of carbonyl (C=O) groups is 3. The van der Waals surface area contributed by atoms with E-state index >= 15 is 0 Å². The number of anilines is 1. The normalized spacial score (nSPS) is 19.9. The van der Waals surface area contributed by atoms with Gasteiger partial charge in [-0.1, -0.05) is 12.1 Å². The zero-order valence-electron chi connectivity index (χ0n) is 14.8. The van der Waals surface area contributed by atoms with Crippen molar-refractivity contribution in [1.29, 1.82) is 0 Å². The fourth-order valence-electron chi connectivity index (χ4n) is 3.30. The summed E-state index contributed by atoms with van der Waals surface area (Å²) in [7, 11) is 0. The molecule has 2 N–H and O–H groups in total. The first kappa shape index (κ1) is 19.0. The summed E-state index contributed by atoms with van der Waals surface area (Å²) in [5.41, 5.74) is 1.00. The Labute approximate surface area is 148 Å². The smallest absolute Gasteiger partial charge is 0.306 e.